The molecule has 19 heavy (non-hydrogen) atoms. The van der Waals surface area contributed by atoms with Crippen molar-refractivity contribution in [1.29, 1.82) is 0 Å². The van der Waals surface area contributed by atoms with Gasteiger partial charge in [0, 0.05) is 13.1 Å². The Balaban J connectivity index is 1.93. The third kappa shape index (κ3) is 3.44. The van der Waals surface area contributed by atoms with Gasteiger partial charge >= 0.3 is 0 Å². The van der Waals surface area contributed by atoms with E-state index >= 15 is 0 Å². The summed E-state index contributed by atoms with van der Waals surface area (Å²) in [5, 5.41) is 2.66. The van der Waals surface area contributed by atoms with Crippen molar-refractivity contribution in [2.24, 2.45) is 11.8 Å². The van der Waals surface area contributed by atoms with Crippen LogP contribution < -0.4 is 11.1 Å². The predicted molar refractivity (Wildman–Crippen MR) is 74.2 cm³/mol. The van der Waals surface area contributed by atoms with Gasteiger partial charge in [0.05, 0.1) is 17.9 Å². The summed E-state index contributed by atoms with van der Waals surface area (Å²) in [6, 6.07) is 3.96. The van der Waals surface area contributed by atoms with Gasteiger partial charge in [0.25, 0.3) is 0 Å². The number of hydrogen-bond acceptors (Lipinski definition) is 3. The number of nitrogens with zero attached hydrogens (tertiary/aromatic N) is 1. The second kappa shape index (κ2) is 5.57. The third-order valence-corrected chi connectivity index (χ3v) is 3.72. The van der Waals surface area contributed by atoms with Crippen LogP contribution in [0.3, 0.4) is 0 Å². The van der Waals surface area contributed by atoms with E-state index in [0.29, 0.717) is 29.8 Å². The van der Waals surface area contributed by atoms with Crippen LogP contribution in [0, 0.1) is 17.7 Å². The zero-order valence-electron chi connectivity index (χ0n) is 11.3. The monoisotopic (exact) mass is 265 g/mol. The van der Waals surface area contributed by atoms with E-state index < -0.39 is 5.82 Å². The van der Waals surface area contributed by atoms with Crippen molar-refractivity contribution in [2.45, 2.75) is 13.8 Å². The van der Waals surface area contributed by atoms with Gasteiger partial charge in [-0.05, 0) is 30.0 Å². The Hall–Kier alpha value is -1.62. The largest absolute Gasteiger partial charge is 0.397 e. The van der Waals surface area contributed by atoms with Gasteiger partial charge in [0.1, 0.15) is 5.82 Å². The first-order valence-electron chi connectivity index (χ1n) is 6.53. The second-order valence-corrected chi connectivity index (χ2v) is 5.43. The predicted octanol–water partition coefficient (Wildman–Crippen LogP) is 1.93. The van der Waals surface area contributed by atoms with Crippen molar-refractivity contribution >= 4 is 17.3 Å². The summed E-state index contributed by atoms with van der Waals surface area (Å²) in [5.74, 6) is 0.644. The molecule has 1 amide bonds. The topological polar surface area (TPSA) is 58.4 Å². The number of amides is 1. The minimum atomic E-state index is -0.409. The highest BCUT2D eigenvalue weighted by molar-refractivity contribution is 5.95. The first kappa shape index (κ1) is 13.8. The Kier molecular flexibility index (Phi) is 4.04. The summed E-state index contributed by atoms with van der Waals surface area (Å²) in [4.78, 5) is 14.0. The lowest BCUT2D eigenvalue weighted by Gasteiger charge is -2.15. The van der Waals surface area contributed by atoms with Crippen LogP contribution in [-0.2, 0) is 4.79 Å². The molecule has 2 rings (SSSR count). The van der Waals surface area contributed by atoms with Crippen LogP contribution in [0.15, 0.2) is 18.2 Å². The highest BCUT2D eigenvalue weighted by Gasteiger charge is 2.27. The molecule has 4 nitrogen and oxygen atoms in total. The Morgan fingerprint density at radius 2 is 2.05 bits per heavy atom. The minimum absolute atomic E-state index is 0.154. The molecule has 0 radical (unpaired) electrons. The molecule has 0 bridgehead atoms. The van der Waals surface area contributed by atoms with Gasteiger partial charge in [0.15, 0.2) is 0 Å². The van der Waals surface area contributed by atoms with Crippen LogP contribution in [0.1, 0.15) is 13.8 Å². The van der Waals surface area contributed by atoms with Gasteiger partial charge in [0.2, 0.25) is 5.91 Å². The van der Waals surface area contributed by atoms with E-state index in [1.165, 1.54) is 18.2 Å². The first-order valence-corrected chi connectivity index (χ1v) is 6.53. The standard InChI is InChI=1S/C14H20FN3O/c1-9-6-18(7-10(9)2)8-14(19)17-13-5-11(15)3-4-12(13)16/h3-5,9-10H,6-8,16H2,1-2H3,(H,17,19). The van der Waals surface area contributed by atoms with E-state index in [1.54, 1.807) is 0 Å². The number of likely N-dealkylation sites (tertiary alicyclic amines) is 1. The zero-order chi connectivity index (χ0) is 14.0. The van der Waals surface area contributed by atoms with Crippen molar-refractivity contribution in [1.82, 2.24) is 4.90 Å². The molecule has 2 unspecified atom stereocenters. The lowest BCUT2D eigenvalue weighted by atomic mass is 10.0. The van der Waals surface area contributed by atoms with E-state index in [2.05, 4.69) is 24.1 Å². The molecule has 0 aliphatic carbocycles. The summed E-state index contributed by atoms with van der Waals surface area (Å²) in [6.45, 7) is 6.55. The number of nitrogens with one attached hydrogen (secondary N) is 1. The maximum absolute atomic E-state index is 13.1. The van der Waals surface area contributed by atoms with E-state index in [9.17, 15) is 9.18 Å². The number of halogens is 1. The molecule has 0 spiro atoms. The fourth-order valence-electron chi connectivity index (χ4n) is 2.41. The smallest absolute Gasteiger partial charge is 0.238 e. The van der Waals surface area contributed by atoms with E-state index in [-0.39, 0.29) is 5.91 Å². The van der Waals surface area contributed by atoms with Crippen LogP contribution in [0.25, 0.3) is 0 Å². The lowest BCUT2D eigenvalue weighted by Crippen LogP contribution is -2.32. The van der Waals surface area contributed by atoms with Gasteiger partial charge in [-0.1, -0.05) is 13.8 Å². The maximum atomic E-state index is 13.1. The van der Waals surface area contributed by atoms with Crippen LogP contribution in [0.4, 0.5) is 15.8 Å². The molecule has 1 saturated heterocycles. The average molecular weight is 265 g/mol. The van der Waals surface area contributed by atoms with Crippen molar-refractivity contribution in [2.75, 3.05) is 30.7 Å². The Bertz CT molecular complexity index is 468. The molecule has 104 valence electrons. The fraction of sp³-hybridized carbons (Fsp3) is 0.500. The van der Waals surface area contributed by atoms with Crippen LogP contribution >= 0.6 is 0 Å². The number of anilines is 2. The molecule has 5 heteroatoms. The number of carbonyl (C=O) groups excluding carboxylic acids is 1. The van der Waals surface area contributed by atoms with Gasteiger partial charge in [-0.2, -0.15) is 0 Å². The minimum Gasteiger partial charge on any atom is -0.397 e. The number of rotatable bonds is 3. The first-order chi connectivity index (χ1) is 8.95. The second-order valence-electron chi connectivity index (χ2n) is 5.43. The number of nitrogens with two attached hydrogens (primary N) is 1. The highest BCUT2D eigenvalue weighted by atomic mass is 19.1. The zero-order valence-corrected chi connectivity index (χ0v) is 11.3. The SMILES string of the molecule is CC1CN(CC(=O)Nc2cc(F)ccc2N)CC1C. The quantitative estimate of drug-likeness (QED) is 0.821. The van der Waals surface area contributed by atoms with Crippen LogP contribution in [0.2, 0.25) is 0 Å². The maximum Gasteiger partial charge on any atom is 0.238 e. The molecule has 2 atom stereocenters. The molecule has 0 saturated carbocycles. The van der Waals surface area contributed by atoms with Gasteiger partial charge in [-0.15, -0.1) is 0 Å². The third-order valence-electron chi connectivity index (χ3n) is 3.72. The van der Waals surface area contributed by atoms with Crippen LogP contribution in [0.5, 0.6) is 0 Å². The van der Waals surface area contributed by atoms with Gasteiger partial charge in [-0.25, -0.2) is 4.39 Å². The summed E-state index contributed by atoms with van der Waals surface area (Å²) in [6.07, 6.45) is 0. The number of benzene rings is 1. The normalized spacial score (nSPS) is 23.5. The average Bonchev–Trinajstić information content (AvgIpc) is 2.63. The summed E-state index contributed by atoms with van der Waals surface area (Å²) in [5.41, 5.74) is 6.41. The van der Waals surface area contributed by atoms with Gasteiger partial charge in [-0.3, -0.25) is 9.69 Å². The molecule has 1 heterocycles. The highest BCUT2D eigenvalue weighted by Crippen LogP contribution is 2.22. The van der Waals surface area contributed by atoms with Crippen molar-refractivity contribution in [3.05, 3.63) is 24.0 Å². The molecule has 1 aromatic carbocycles. The molecular formula is C14H20FN3O. The molecule has 1 fully saturated rings. The summed E-state index contributed by atoms with van der Waals surface area (Å²) in [7, 11) is 0. The summed E-state index contributed by atoms with van der Waals surface area (Å²) >= 11 is 0. The molecule has 1 aromatic rings. The summed E-state index contributed by atoms with van der Waals surface area (Å²) < 4.78 is 13.1. The van der Waals surface area contributed by atoms with E-state index in [0.717, 1.165) is 13.1 Å². The Morgan fingerprint density at radius 1 is 1.42 bits per heavy atom. The number of nitrogen functional groups attached to an aromatic ring is 1. The molecule has 1 aliphatic heterocycles. The fourth-order valence-corrected chi connectivity index (χ4v) is 2.41. The number of hydrogen-bond donors (Lipinski definition) is 2. The molecule has 3 N–H and O–H groups in total. The van der Waals surface area contributed by atoms with Gasteiger partial charge < -0.3 is 11.1 Å². The molecular weight excluding hydrogens is 245 g/mol. The molecule has 0 aromatic heterocycles. The molecule has 1 aliphatic rings. The van der Waals surface area contributed by atoms with Crippen LogP contribution in [-0.4, -0.2) is 30.4 Å². The Morgan fingerprint density at radius 3 is 2.68 bits per heavy atom. The van der Waals surface area contributed by atoms with Crippen molar-refractivity contribution in [3.63, 3.8) is 0 Å². The Labute approximate surface area is 112 Å². The van der Waals surface area contributed by atoms with E-state index in [4.69, 9.17) is 5.73 Å². The lowest BCUT2D eigenvalue weighted by molar-refractivity contribution is -0.117. The van der Waals surface area contributed by atoms with Crippen molar-refractivity contribution in [3.8, 4) is 0 Å². The van der Waals surface area contributed by atoms with Crippen molar-refractivity contribution < 1.29 is 9.18 Å². The van der Waals surface area contributed by atoms with E-state index in [1.807, 2.05) is 0 Å². The number of carbonyl (C=O) groups is 1.